The molecule has 0 aromatic heterocycles. The Bertz CT molecular complexity index is 600. The van der Waals surface area contributed by atoms with E-state index in [4.69, 9.17) is 4.74 Å². The Labute approximate surface area is 136 Å². The first kappa shape index (κ1) is 16.0. The smallest absolute Gasteiger partial charge is 0.308 e. The third-order valence-corrected chi connectivity index (χ3v) is 5.00. The Morgan fingerprint density at radius 3 is 2.87 bits per heavy atom. The highest BCUT2D eigenvalue weighted by molar-refractivity contribution is 5.79. The van der Waals surface area contributed by atoms with Crippen LogP contribution in [-0.2, 0) is 20.7 Å². The summed E-state index contributed by atoms with van der Waals surface area (Å²) in [6.07, 6.45) is 2.33. The molecule has 124 valence electrons. The van der Waals surface area contributed by atoms with E-state index in [2.05, 4.69) is 6.07 Å². The minimum atomic E-state index is -0.811. The summed E-state index contributed by atoms with van der Waals surface area (Å²) in [5.41, 5.74) is 2.33. The number of piperidine rings is 1. The van der Waals surface area contributed by atoms with Crippen LogP contribution in [0.5, 0.6) is 0 Å². The van der Waals surface area contributed by atoms with Crippen LogP contribution < -0.4 is 0 Å². The monoisotopic (exact) mass is 317 g/mol. The van der Waals surface area contributed by atoms with Crippen LogP contribution >= 0.6 is 0 Å². The molecule has 3 unspecified atom stereocenters. The summed E-state index contributed by atoms with van der Waals surface area (Å²) in [5.74, 6) is -1.27. The molecule has 3 rings (SSSR count). The van der Waals surface area contributed by atoms with Crippen LogP contribution in [0, 0.1) is 5.92 Å². The molecule has 1 N–H and O–H groups in total. The Morgan fingerprint density at radius 2 is 2.09 bits per heavy atom. The number of carboxylic acids is 1. The lowest BCUT2D eigenvalue weighted by Crippen LogP contribution is -2.47. The van der Waals surface area contributed by atoms with E-state index in [1.165, 1.54) is 5.56 Å². The number of aliphatic carboxylic acids is 1. The van der Waals surface area contributed by atoms with Gasteiger partial charge in [-0.1, -0.05) is 24.3 Å². The molecule has 1 fully saturated rings. The summed E-state index contributed by atoms with van der Waals surface area (Å²) in [6.45, 7) is 2.93. The van der Waals surface area contributed by atoms with E-state index in [1.54, 1.807) is 4.90 Å². The topological polar surface area (TPSA) is 66.8 Å². The molecular weight excluding hydrogens is 294 g/mol. The molecule has 1 aromatic rings. The molecule has 3 atom stereocenters. The molecule has 1 amide bonds. The quantitative estimate of drug-likeness (QED) is 0.929. The van der Waals surface area contributed by atoms with Gasteiger partial charge < -0.3 is 14.7 Å². The van der Waals surface area contributed by atoms with Crippen molar-refractivity contribution in [1.29, 1.82) is 0 Å². The number of hydrogen-bond donors (Lipinski definition) is 1. The van der Waals surface area contributed by atoms with E-state index in [0.717, 1.165) is 18.4 Å². The standard InChI is InChI=1S/C18H23NO4/c1-12-6-7-14(18(21)22)11-19(12)17(20)10-16-15-5-3-2-4-13(15)8-9-23-16/h2-5,12,14,16H,6-11H2,1H3,(H,21,22). The van der Waals surface area contributed by atoms with Gasteiger partial charge in [-0.05, 0) is 37.3 Å². The SMILES string of the molecule is CC1CCC(C(=O)O)CN1C(=O)CC1OCCc2ccccc21. The van der Waals surface area contributed by atoms with Gasteiger partial charge in [0.1, 0.15) is 0 Å². The lowest BCUT2D eigenvalue weighted by atomic mass is 9.91. The second-order valence-corrected chi connectivity index (χ2v) is 6.52. The maximum atomic E-state index is 12.7. The summed E-state index contributed by atoms with van der Waals surface area (Å²) in [5, 5.41) is 9.21. The van der Waals surface area contributed by atoms with Crippen molar-refractivity contribution in [2.75, 3.05) is 13.2 Å². The number of ether oxygens (including phenoxy) is 1. The second-order valence-electron chi connectivity index (χ2n) is 6.52. The highest BCUT2D eigenvalue weighted by atomic mass is 16.5. The van der Waals surface area contributed by atoms with Crippen molar-refractivity contribution >= 4 is 11.9 Å². The number of carboxylic acid groups (broad SMARTS) is 1. The molecule has 5 heteroatoms. The van der Waals surface area contributed by atoms with E-state index >= 15 is 0 Å². The number of carbonyl (C=O) groups is 2. The van der Waals surface area contributed by atoms with Crippen LogP contribution in [0.4, 0.5) is 0 Å². The normalized spacial score (nSPS) is 27.3. The maximum Gasteiger partial charge on any atom is 0.308 e. The lowest BCUT2D eigenvalue weighted by molar-refractivity contribution is -0.148. The molecule has 1 saturated heterocycles. The van der Waals surface area contributed by atoms with Crippen molar-refractivity contribution in [2.45, 2.75) is 44.8 Å². The average molecular weight is 317 g/mol. The predicted molar refractivity (Wildman–Crippen MR) is 85.0 cm³/mol. The van der Waals surface area contributed by atoms with E-state index in [-0.39, 0.29) is 24.5 Å². The van der Waals surface area contributed by atoms with Gasteiger partial charge in [-0.3, -0.25) is 9.59 Å². The van der Waals surface area contributed by atoms with E-state index < -0.39 is 11.9 Å². The maximum absolute atomic E-state index is 12.7. The van der Waals surface area contributed by atoms with Crippen molar-refractivity contribution in [3.8, 4) is 0 Å². The molecular formula is C18H23NO4. The van der Waals surface area contributed by atoms with Gasteiger partial charge >= 0.3 is 5.97 Å². The van der Waals surface area contributed by atoms with Gasteiger partial charge in [-0.2, -0.15) is 0 Å². The van der Waals surface area contributed by atoms with Gasteiger partial charge in [0, 0.05) is 12.6 Å². The van der Waals surface area contributed by atoms with Crippen molar-refractivity contribution in [3.05, 3.63) is 35.4 Å². The zero-order valence-corrected chi connectivity index (χ0v) is 13.4. The molecule has 0 bridgehead atoms. The van der Waals surface area contributed by atoms with E-state index in [1.807, 2.05) is 25.1 Å². The summed E-state index contributed by atoms with van der Waals surface area (Å²) in [7, 11) is 0. The van der Waals surface area contributed by atoms with Gasteiger partial charge in [-0.25, -0.2) is 0 Å². The Kier molecular flexibility index (Phi) is 4.66. The minimum absolute atomic E-state index is 0.00912. The van der Waals surface area contributed by atoms with Crippen LogP contribution in [0.3, 0.4) is 0 Å². The number of carbonyl (C=O) groups excluding carboxylic acids is 1. The molecule has 0 spiro atoms. The molecule has 0 aliphatic carbocycles. The van der Waals surface area contributed by atoms with E-state index in [0.29, 0.717) is 19.6 Å². The van der Waals surface area contributed by atoms with Crippen LogP contribution in [0.2, 0.25) is 0 Å². The highest BCUT2D eigenvalue weighted by Crippen LogP contribution is 2.31. The van der Waals surface area contributed by atoms with Gasteiger partial charge in [0.2, 0.25) is 5.91 Å². The second kappa shape index (κ2) is 6.71. The minimum Gasteiger partial charge on any atom is -0.481 e. The summed E-state index contributed by atoms with van der Waals surface area (Å²) < 4.78 is 5.81. The fourth-order valence-electron chi connectivity index (χ4n) is 3.58. The Hall–Kier alpha value is -1.88. The number of benzene rings is 1. The predicted octanol–water partition coefficient (Wildman–Crippen LogP) is 2.40. The number of fused-ring (bicyclic) bond motifs is 1. The van der Waals surface area contributed by atoms with Crippen LogP contribution in [0.1, 0.15) is 43.4 Å². The molecule has 0 radical (unpaired) electrons. The van der Waals surface area contributed by atoms with E-state index in [9.17, 15) is 14.7 Å². The lowest BCUT2D eigenvalue weighted by Gasteiger charge is -2.37. The summed E-state index contributed by atoms with van der Waals surface area (Å²) >= 11 is 0. The highest BCUT2D eigenvalue weighted by Gasteiger charge is 2.34. The number of rotatable bonds is 3. The van der Waals surface area contributed by atoms with Crippen LogP contribution in [0.25, 0.3) is 0 Å². The fourth-order valence-corrected chi connectivity index (χ4v) is 3.58. The molecule has 1 aromatic carbocycles. The molecule has 2 heterocycles. The van der Waals surface area contributed by atoms with Crippen molar-refractivity contribution < 1.29 is 19.4 Å². The third-order valence-electron chi connectivity index (χ3n) is 5.00. The first-order valence-corrected chi connectivity index (χ1v) is 8.28. The summed E-state index contributed by atoms with van der Waals surface area (Å²) in [4.78, 5) is 25.7. The number of hydrogen-bond acceptors (Lipinski definition) is 3. The zero-order valence-electron chi connectivity index (χ0n) is 13.4. The number of nitrogens with zero attached hydrogens (tertiary/aromatic N) is 1. The van der Waals surface area contributed by atoms with Crippen molar-refractivity contribution in [2.24, 2.45) is 5.92 Å². The number of amides is 1. The van der Waals surface area contributed by atoms with Gasteiger partial charge in [0.15, 0.2) is 0 Å². The molecule has 5 nitrogen and oxygen atoms in total. The molecule has 2 aliphatic heterocycles. The first-order chi connectivity index (χ1) is 11.1. The van der Waals surface area contributed by atoms with Gasteiger partial charge in [0.05, 0.1) is 25.0 Å². The largest absolute Gasteiger partial charge is 0.481 e. The average Bonchev–Trinajstić information content (AvgIpc) is 2.55. The van der Waals surface area contributed by atoms with Crippen molar-refractivity contribution in [3.63, 3.8) is 0 Å². The van der Waals surface area contributed by atoms with Crippen LogP contribution in [-0.4, -0.2) is 41.1 Å². The number of likely N-dealkylation sites (tertiary alicyclic amines) is 1. The third kappa shape index (κ3) is 3.39. The molecule has 0 saturated carbocycles. The fraction of sp³-hybridized carbons (Fsp3) is 0.556. The molecule has 23 heavy (non-hydrogen) atoms. The first-order valence-electron chi connectivity index (χ1n) is 8.28. The summed E-state index contributed by atoms with van der Waals surface area (Å²) in [6, 6.07) is 8.17. The Morgan fingerprint density at radius 1 is 1.30 bits per heavy atom. The molecule has 2 aliphatic rings. The van der Waals surface area contributed by atoms with Gasteiger partial charge in [-0.15, -0.1) is 0 Å². The van der Waals surface area contributed by atoms with Crippen molar-refractivity contribution in [1.82, 2.24) is 4.90 Å². The van der Waals surface area contributed by atoms with Crippen LogP contribution in [0.15, 0.2) is 24.3 Å². The van der Waals surface area contributed by atoms with Gasteiger partial charge in [0.25, 0.3) is 0 Å². The Balaban J connectivity index is 1.70. The zero-order chi connectivity index (χ0) is 16.4.